The molecule has 0 aromatic heterocycles. The van der Waals surface area contributed by atoms with Gasteiger partial charge in [0.1, 0.15) is 48.8 Å². The van der Waals surface area contributed by atoms with E-state index in [4.69, 9.17) is 18.9 Å². The van der Waals surface area contributed by atoms with Gasteiger partial charge >= 0.3 is 0 Å². The molecule has 232 valence electrons. The van der Waals surface area contributed by atoms with Crippen molar-refractivity contribution in [3.63, 3.8) is 0 Å². The Morgan fingerprint density at radius 1 is 0.850 bits per heavy atom. The van der Waals surface area contributed by atoms with Crippen molar-refractivity contribution < 1.29 is 64.6 Å². The molecule has 12 atom stereocenters. The van der Waals surface area contributed by atoms with E-state index < -0.39 is 92.7 Å². The zero-order chi connectivity index (χ0) is 29.8. The number of hydrogen-bond donors (Lipinski definition) is 9. The molecule has 2 aliphatic rings. The second-order valence-corrected chi connectivity index (χ2v) is 9.90. The van der Waals surface area contributed by atoms with Gasteiger partial charge < -0.3 is 65.1 Å². The minimum atomic E-state index is -1.78. The molecule has 0 aromatic rings. The standard InChI is InChI=1S/C26H45NO13/c1-3-4-5-6-7-8-9-10-16(31)15(27-14(2)30)13-37-25-23(36)21(34)24(18(12-29)39-25)40-26-22(35)20(33)19(32)17(11-28)38-26/h5-6,9-10,15-26,28-29,31-36H,3-4,7-8,11-13H2,1-2H3,(H,27,30)/b6-5+,10-9+. The summed E-state index contributed by atoms with van der Waals surface area (Å²) in [6.07, 6.45) is -6.03. The lowest BCUT2D eigenvalue weighted by Gasteiger charge is -2.46. The highest BCUT2D eigenvalue weighted by Crippen LogP contribution is 2.29. The number of carbonyl (C=O) groups excluding carboxylic acids is 1. The zero-order valence-corrected chi connectivity index (χ0v) is 22.8. The third-order valence-corrected chi connectivity index (χ3v) is 6.66. The van der Waals surface area contributed by atoms with Crippen LogP contribution in [0, 0.1) is 0 Å². The Balaban J connectivity index is 2.00. The van der Waals surface area contributed by atoms with Crippen molar-refractivity contribution in [1.29, 1.82) is 0 Å². The maximum Gasteiger partial charge on any atom is 0.217 e. The molecule has 2 saturated heterocycles. The van der Waals surface area contributed by atoms with Crippen LogP contribution in [0.15, 0.2) is 24.3 Å². The van der Waals surface area contributed by atoms with Crippen molar-refractivity contribution in [3.05, 3.63) is 24.3 Å². The molecule has 2 fully saturated rings. The number of unbranched alkanes of at least 4 members (excludes halogenated alkanes) is 2. The Hall–Kier alpha value is -1.53. The highest BCUT2D eigenvalue weighted by molar-refractivity contribution is 5.73. The predicted octanol–water partition coefficient (Wildman–Crippen LogP) is -2.81. The van der Waals surface area contributed by atoms with Crippen molar-refractivity contribution >= 4 is 5.91 Å². The average molecular weight is 580 g/mol. The van der Waals surface area contributed by atoms with Gasteiger partial charge in [0.05, 0.1) is 32.0 Å². The number of allylic oxidation sites excluding steroid dienone is 3. The average Bonchev–Trinajstić information content (AvgIpc) is 2.93. The molecular formula is C26H45NO13. The molecule has 0 aliphatic carbocycles. The predicted molar refractivity (Wildman–Crippen MR) is 138 cm³/mol. The monoisotopic (exact) mass is 579 g/mol. The van der Waals surface area contributed by atoms with Crippen LogP contribution in [0.25, 0.3) is 0 Å². The fourth-order valence-corrected chi connectivity index (χ4v) is 4.34. The molecule has 14 heteroatoms. The van der Waals surface area contributed by atoms with Gasteiger partial charge in [-0.1, -0.05) is 37.6 Å². The van der Waals surface area contributed by atoms with Crippen LogP contribution in [0.2, 0.25) is 0 Å². The summed E-state index contributed by atoms with van der Waals surface area (Å²) in [4.78, 5) is 11.7. The second kappa shape index (κ2) is 17.4. The van der Waals surface area contributed by atoms with Gasteiger partial charge in [0.2, 0.25) is 5.91 Å². The largest absolute Gasteiger partial charge is 0.394 e. The topological polar surface area (TPSA) is 228 Å². The molecule has 2 heterocycles. The Kier molecular flexibility index (Phi) is 15.1. The van der Waals surface area contributed by atoms with Gasteiger partial charge in [0, 0.05) is 6.92 Å². The summed E-state index contributed by atoms with van der Waals surface area (Å²) in [6, 6.07) is -0.923. The summed E-state index contributed by atoms with van der Waals surface area (Å²) in [5.41, 5.74) is 0. The molecule has 2 rings (SSSR count). The maximum atomic E-state index is 11.7. The second-order valence-electron chi connectivity index (χ2n) is 9.90. The lowest BCUT2D eigenvalue weighted by Crippen LogP contribution is -2.65. The molecule has 2 aliphatic heterocycles. The summed E-state index contributed by atoms with van der Waals surface area (Å²) in [5.74, 6) is -0.435. The Morgan fingerprint density at radius 2 is 1.45 bits per heavy atom. The van der Waals surface area contributed by atoms with Crippen LogP contribution < -0.4 is 5.32 Å². The third-order valence-electron chi connectivity index (χ3n) is 6.66. The normalized spacial score (nSPS) is 36.6. The minimum Gasteiger partial charge on any atom is -0.394 e. The van der Waals surface area contributed by atoms with Crippen LogP contribution in [-0.4, -0.2) is 140 Å². The summed E-state index contributed by atoms with van der Waals surface area (Å²) < 4.78 is 21.9. The van der Waals surface area contributed by atoms with Crippen molar-refractivity contribution in [2.75, 3.05) is 19.8 Å². The first-order valence-corrected chi connectivity index (χ1v) is 13.5. The van der Waals surface area contributed by atoms with E-state index in [-0.39, 0.29) is 6.61 Å². The van der Waals surface area contributed by atoms with Gasteiger partial charge in [-0.05, 0) is 19.3 Å². The molecule has 1 amide bonds. The molecule has 12 unspecified atom stereocenters. The Morgan fingerprint density at radius 3 is 2.08 bits per heavy atom. The molecule has 40 heavy (non-hydrogen) atoms. The lowest BCUT2D eigenvalue weighted by molar-refractivity contribution is -0.359. The molecule has 14 nitrogen and oxygen atoms in total. The van der Waals surface area contributed by atoms with Crippen LogP contribution in [0.1, 0.15) is 39.5 Å². The first kappa shape index (κ1) is 34.7. The van der Waals surface area contributed by atoms with Gasteiger partial charge in [-0.15, -0.1) is 0 Å². The number of aliphatic hydroxyl groups excluding tert-OH is 8. The van der Waals surface area contributed by atoms with E-state index in [0.717, 1.165) is 19.3 Å². The zero-order valence-electron chi connectivity index (χ0n) is 22.8. The number of nitrogens with one attached hydrogen (secondary N) is 1. The number of rotatable bonds is 15. The van der Waals surface area contributed by atoms with Crippen LogP contribution in [0.3, 0.4) is 0 Å². The third kappa shape index (κ3) is 9.79. The Labute approximate surface area is 233 Å². The Bertz CT molecular complexity index is 795. The lowest BCUT2D eigenvalue weighted by atomic mass is 9.97. The van der Waals surface area contributed by atoms with Crippen LogP contribution in [-0.2, 0) is 23.7 Å². The number of aliphatic hydroxyl groups is 8. The number of amides is 1. The van der Waals surface area contributed by atoms with Crippen LogP contribution in [0.5, 0.6) is 0 Å². The van der Waals surface area contributed by atoms with Crippen LogP contribution >= 0.6 is 0 Å². The maximum absolute atomic E-state index is 11.7. The van der Waals surface area contributed by atoms with E-state index in [0.29, 0.717) is 6.42 Å². The van der Waals surface area contributed by atoms with E-state index in [1.54, 1.807) is 6.08 Å². The molecule has 0 aromatic carbocycles. The van der Waals surface area contributed by atoms with Gasteiger partial charge in [0.15, 0.2) is 12.6 Å². The highest BCUT2D eigenvalue weighted by Gasteiger charge is 2.50. The van der Waals surface area contributed by atoms with Crippen molar-refractivity contribution in [2.24, 2.45) is 0 Å². The molecule has 0 saturated carbocycles. The SMILES string of the molecule is CCC/C=C/CC/C=C/C(O)C(COC1OC(CO)C(OC2OC(CO)C(O)C(O)C2O)C(O)C1O)NC(C)=O. The minimum absolute atomic E-state index is 0.327. The summed E-state index contributed by atoms with van der Waals surface area (Å²) in [5, 5.41) is 83.8. The first-order valence-electron chi connectivity index (χ1n) is 13.5. The van der Waals surface area contributed by atoms with E-state index in [1.807, 2.05) is 6.08 Å². The number of hydrogen-bond acceptors (Lipinski definition) is 13. The first-order chi connectivity index (χ1) is 19.0. The van der Waals surface area contributed by atoms with Gasteiger partial charge in [-0.3, -0.25) is 4.79 Å². The molecule has 0 spiro atoms. The summed E-state index contributed by atoms with van der Waals surface area (Å²) >= 11 is 0. The van der Waals surface area contributed by atoms with Gasteiger partial charge in [0.25, 0.3) is 0 Å². The fraction of sp³-hybridized carbons (Fsp3) is 0.808. The van der Waals surface area contributed by atoms with Gasteiger partial charge in [-0.25, -0.2) is 0 Å². The molecule has 0 radical (unpaired) electrons. The van der Waals surface area contributed by atoms with E-state index >= 15 is 0 Å². The summed E-state index contributed by atoms with van der Waals surface area (Å²) in [6.45, 7) is 1.60. The number of ether oxygens (including phenoxy) is 4. The van der Waals surface area contributed by atoms with E-state index in [1.165, 1.54) is 13.0 Å². The summed E-state index contributed by atoms with van der Waals surface area (Å²) in [7, 11) is 0. The smallest absolute Gasteiger partial charge is 0.217 e. The molecule has 0 bridgehead atoms. The van der Waals surface area contributed by atoms with Crippen molar-refractivity contribution in [2.45, 2.75) is 113 Å². The molecular weight excluding hydrogens is 534 g/mol. The highest BCUT2D eigenvalue weighted by atomic mass is 16.7. The quantitative estimate of drug-likeness (QED) is 0.0706. The molecule has 9 N–H and O–H groups in total. The number of carbonyl (C=O) groups is 1. The van der Waals surface area contributed by atoms with Crippen molar-refractivity contribution in [3.8, 4) is 0 Å². The fourth-order valence-electron chi connectivity index (χ4n) is 4.34. The van der Waals surface area contributed by atoms with Crippen molar-refractivity contribution in [1.82, 2.24) is 5.32 Å². The van der Waals surface area contributed by atoms with E-state index in [9.17, 15) is 45.6 Å². The van der Waals surface area contributed by atoms with E-state index in [2.05, 4.69) is 18.3 Å². The van der Waals surface area contributed by atoms with Crippen LogP contribution in [0.4, 0.5) is 0 Å². The van der Waals surface area contributed by atoms with Gasteiger partial charge in [-0.2, -0.15) is 0 Å².